The van der Waals surface area contributed by atoms with E-state index in [4.69, 9.17) is 5.73 Å². The summed E-state index contributed by atoms with van der Waals surface area (Å²) in [5.74, 6) is -0.332. The molecule has 1 aromatic heterocycles. The van der Waals surface area contributed by atoms with Gasteiger partial charge in [0.05, 0.1) is 23.2 Å². The minimum absolute atomic E-state index is 0.332. The molecule has 126 valence electrons. The highest BCUT2D eigenvalue weighted by Crippen LogP contribution is 2.36. The molecule has 0 bridgehead atoms. The summed E-state index contributed by atoms with van der Waals surface area (Å²) >= 11 is 0. The quantitative estimate of drug-likeness (QED) is 0.759. The Morgan fingerprint density at radius 3 is 2.42 bits per heavy atom. The molecule has 24 heavy (non-hydrogen) atoms. The summed E-state index contributed by atoms with van der Waals surface area (Å²) in [6.45, 7) is 2.67. The number of aryl methyl sites for hydroxylation is 1. The Kier molecular flexibility index (Phi) is 3.96. The molecular formula is C17H18FN3O2S. The van der Waals surface area contributed by atoms with Crippen LogP contribution in [0.15, 0.2) is 42.5 Å². The van der Waals surface area contributed by atoms with Crippen LogP contribution < -0.4 is 10.5 Å². The number of fused-ring (bicyclic) bond motifs is 1. The monoisotopic (exact) mass is 347 g/mol. The van der Waals surface area contributed by atoms with Crippen LogP contribution in [-0.2, 0) is 16.6 Å². The van der Waals surface area contributed by atoms with Crippen molar-refractivity contribution >= 4 is 32.3 Å². The fourth-order valence-corrected chi connectivity index (χ4v) is 3.47. The molecule has 0 saturated carbocycles. The number of aromatic nitrogens is 1. The van der Waals surface area contributed by atoms with Gasteiger partial charge in [-0.15, -0.1) is 0 Å². The van der Waals surface area contributed by atoms with Gasteiger partial charge in [0.25, 0.3) is 0 Å². The van der Waals surface area contributed by atoms with Crippen LogP contribution in [0, 0.1) is 5.82 Å². The standard InChI is InChI=1S/C17H18FN3O2S/c1-3-21-15-9-6-12(18)10-14(15)16(19)17(21)11-4-7-13(8-5-11)20-24(2,22)23/h4-10,20H,3,19H2,1-2H3. The highest BCUT2D eigenvalue weighted by Gasteiger charge is 2.16. The lowest BCUT2D eigenvalue weighted by Gasteiger charge is -2.10. The molecule has 3 N–H and O–H groups in total. The predicted octanol–water partition coefficient (Wildman–Crippen LogP) is 3.42. The van der Waals surface area contributed by atoms with Gasteiger partial charge in [-0.05, 0) is 37.3 Å². The van der Waals surface area contributed by atoms with Crippen molar-refractivity contribution in [3.8, 4) is 11.3 Å². The summed E-state index contributed by atoms with van der Waals surface area (Å²) in [5, 5.41) is 0.671. The third-order valence-electron chi connectivity index (χ3n) is 3.84. The molecule has 0 saturated heterocycles. The van der Waals surface area contributed by atoms with E-state index in [0.29, 0.717) is 23.3 Å². The number of anilines is 2. The zero-order valence-corrected chi connectivity index (χ0v) is 14.2. The van der Waals surface area contributed by atoms with Crippen molar-refractivity contribution in [2.24, 2.45) is 0 Å². The van der Waals surface area contributed by atoms with Crippen molar-refractivity contribution in [3.05, 3.63) is 48.3 Å². The molecule has 5 nitrogen and oxygen atoms in total. The molecule has 0 spiro atoms. The van der Waals surface area contributed by atoms with Crippen LogP contribution in [0.4, 0.5) is 15.8 Å². The Balaban J connectivity index is 2.14. The number of nitrogens with zero attached hydrogens (tertiary/aromatic N) is 1. The maximum absolute atomic E-state index is 13.5. The van der Waals surface area contributed by atoms with Gasteiger partial charge in [0, 0.05) is 23.2 Å². The highest BCUT2D eigenvalue weighted by molar-refractivity contribution is 7.92. The van der Waals surface area contributed by atoms with Crippen molar-refractivity contribution in [1.29, 1.82) is 0 Å². The van der Waals surface area contributed by atoms with Crippen LogP contribution in [0.25, 0.3) is 22.2 Å². The topological polar surface area (TPSA) is 77.1 Å². The average molecular weight is 347 g/mol. The summed E-state index contributed by atoms with van der Waals surface area (Å²) in [6.07, 6.45) is 1.10. The molecule has 3 rings (SSSR count). The number of rotatable bonds is 4. The normalized spacial score (nSPS) is 11.8. The van der Waals surface area contributed by atoms with E-state index in [9.17, 15) is 12.8 Å². The van der Waals surface area contributed by atoms with E-state index in [1.54, 1.807) is 30.3 Å². The first-order chi connectivity index (χ1) is 11.3. The minimum atomic E-state index is -3.32. The molecule has 3 aromatic rings. The summed E-state index contributed by atoms with van der Waals surface area (Å²) in [4.78, 5) is 0. The number of hydrogen-bond donors (Lipinski definition) is 2. The van der Waals surface area contributed by atoms with Gasteiger partial charge in [0.1, 0.15) is 5.82 Å². The third kappa shape index (κ3) is 2.94. The van der Waals surface area contributed by atoms with Crippen LogP contribution in [0.5, 0.6) is 0 Å². The number of sulfonamides is 1. The van der Waals surface area contributed by atoms with Crippen LogP contribution in [0.1, 0.15) is 6.92 Å². The number of nitrogens with two attached hydrogens (primary N) is 1. The zero-order valence-electron chi connectivity index (χ0n) is 13.4. The second-order valence-corrected chi connectivity index (χ2v) is 7.37. The van der Waals surface area contributed by atoms with Crippen LogP contribution in [0.3, 0.4) is 0 Å². The first-order valence-electron chi connectivity index (χ1n) is 7.45. The number of hydrogen-bond acceptors (Lipinski definition) is 3. The van der Waals surface area contributed by atoms with E-state index in [2.05, 4.69) is 4.72 Å². The van der Waals surface area contributed by atoms with Gasteiger partial charge in [0.2, 0.25) is 10.0 Å². The van der Waals surface area contributed by atoms with Gasteiger partial charge in [-0.25, -0.2) is 12.8 Å². The maximum Gasteiger partial charge on any atom is 0.229 e. The number of benzene rings is 2. The first kappa shape index (κ1) is 16.3. The van der Waals surface area contributed by atoms with E-state index in [1.165, 1.54) is 12.1 Å². The summed E-state index contributed by atoms with van der Waals surface area (Å²) < 4.78 is 40.6. The van der Waals surface area contributed by atoms with Crippen molar-refractivity contribution in [1.82, 2.24) is 4.57 Å². The van der Waals surface area contributed by atoms with Crippen LogP contribution in [-0.4, -0.2) is 19.2 Å². The van der Waals surface area contributed by atoms with Gasteiger partial charge < -0.3 is 10.3 Å². The van der Waals surface area contributed by atoms with Crippen LogP contribution >= 0.6 is 0 Å². The van der Waals surface area contributed by atoms with Gasteiger partial charge >= 0.3 is 0 Å². The van der Waals surface area contributed by atoms with E-state index in [-0.39, 0.29) is 5.82 Å². The molecule has 0 fully saturated rings. The van der Waals surface area contributed by atoms with E-state index < -0.39 is 10.0 Å². The summed E-state index contributed by atoms with van der Waals surface area (Å²) in [6, 6.07) is 11.5. The van der Waals surface area contributed by atoms with Gasteiger partial charge in [-0.1, -0.05) is 12.1 Å². The second-order valence-electron chi connectivity index (χ2n) is 5.62. The highest BCUT2D eigenvalue weighted by atomic mass is 32.2. The number of halogens is 1. The molecule has 7 heteroatoms. The zero-order chi connectivity index (χ0) is 17.5. The lowest BCUT2D eigenvalue weighted by Crippen LogP contribution is -2.09. The fraction of sp³-hybridized carbons (Fsp3) is 0.176. The van der Waals surface area contributed by atoms with Crippen molar-refractivity contribution < 1.29 is 12.8 Å². The molecule has 0 amide bonds. The molecule has 2 aromatic carbocycles. The van der Waals surface area contributed by atoms with E-state index in [1.807, 2.05) is 11.5 Å². The number of nitrogen functional groups attached to an aromatic ring is 1. The second kappa shape index (κ2) is 5.83. The van der Waals surface area contributed by atoms with Crippen molar-refractivity contribution in [2.45, 2.75) is 13.5 Å². The van der Waals surface area contributed by atoms with E-state index in [0.717, 1.165) is 23.0 Å². The molecule has 0 aliphatic heterocycles. The smallest absolute Gasteiger partial charge is 0.229 e. The Hall–Kier alpha value is -2.54. The fourth-order valence-electron chi connectivity index (χ4n) is 2.90. The molecule has 0 aliphatic rings. The van der Waals surface area contributed by atoms with Gasteiger partial charge in [0.15, 0.2) is 0 Å². The molecule has 1 heterocycles. The van der Waals surface area contributed by atoms with Gasteiger partial charge in [-0.3, -0.25) is 4.72 Å². The molecular weight excluding hydrogens is 329 g/mol. The number of nitrogens with one attached hydrogen (secondary N) is 1. The predicted molar refractivity (Wildman–Crippen MR) is 95.9 cm³/mol. The molecule has 0 atom stereocenters. The Labute approximate surface area is 140 Å². The lowest BCUT2D eigenvalue weighted by molar-refractivity contribution is 0.607. The average Bonchev–Trinajstić information content (AvgIpc) is 2.78. The van der Waals surface area contributed by atoms with Crippen LogP contribution in [0.2, 0.25) is 0 Å². The van der Waals surface area contributed by atoms with Crippen molar-refractivity contribution in [3.63, 3.8) is 0 Å². The Morgan fingerprint density at radius 2 is 1.83 bits per heavy atom. The summed E-state index contributed by atoms with van der Waals surface area (Å²) in [7, 11) is -3.32. The van der Waals surface area contributed by atoms with Crippen molar-refractivity contribution in [2.75, 3.05) is 16.7 Å². The Morgan fingerprint density at radius 1 is 1.17 bits per heavy atom. The van der Waals surface area contributed by atoms with E-state index >= 15 is 0 Å². The molecule has 0 aliphatic carbocycles. The minimum Gasteiger partial charge on any atom is -0.396 e. The maximum atomic E-state index is 13.5. The molecule has 0 unspecified atom stereocenters. The van der Waals surface area contributed by atoms with Gasteiger partial charge in [-0.2, -0.15) is 0 Å². The SMILES string of the molecule is CCn1c(-c2ccc(NS(C)(=O)=O)cc2)c(N)c2cc(F)ccc21. The first-order valence-corrected chi connectivity index (χ1v) is 9.34. The lowest BCUT2D eigenvalue weighted by atomic mass is 10.1. The Bertz CT molecular complexity index is 1010. The molecule has 0 radical (unpaired) electrons. The largest absolute Gasteiger partial charge is 0.396 e. The summed E-state index contributed by atoms with van der Waals surface area (Å²) in [5.41, 5.74) is 9.74. The third-order valence-corrected chi connectivity index (χ3v) is 4.45.